The Bertz CT molecular complexity index is 276. The molecule has 2 nitrogen and oxygen atoms in total. The van der Waals surface area contributed by atoms with Crippen LogP contribution in [0, 0.1) is 5.82 Å². The number of pyridine rings is 1. The first-order valence-corrected chi connectivity index (χ1v) is 4.03. The Morgan fingerprint density at radius 2 is 2.42 bits per heavy atom. The Balaban J connectivity index is 2.86. The maximum Gasteiger partial charge on any atom is 0.146 e. The molecule has 1 rings (SSSR count). The van der Waals surface area contributed by atoms with Crippen molar-refractivity contribution in [2.45, 2.75) is 19.4 Å². The van der Waals surface area contributed by atoms with Gasteiger partial charge in [0.05, 0.1) is 10.7 Å². The molecule has 0 aliphatic carbocycles. The molecular weight excluding hydrogens is 179 g/mol. The Hall–Kier alpha value is -0.670. The maximum absolute atomic E-state index is 13.0. The zero-order valence-electron chi connectivity index (χ0n) is 6.72. The molecule has 1 aromatic heterocycles. The van der Waals surface area contributed by atoms with E-state index in [4.69, 9.17) is 17.3 Å². The van der Waals surface area contributed by atoms with Gasteiger partial charge in [-0.05, 0) is 13.0 Å². The van der Waals surface area contributed by atoms with E-state index in [1.807, 2.05) is 0 Å². The zero-order chi connectivity index (χ0) is 9.14. The number of rotatable bonds is 2. The molecule has 1 aromatic rings. The van der Waals surface area contributed by atoms with E-state index >= 15 is 0 Å². The van der Waals surface area contributed by atoms with Crippen molar-refractivity contribution < 1.29 is 4.39 Å². The summed E-state index contributed by atoms with van der Waals surface area (Å²) in [7, 11) is 0. The number of nitrogens with two attached hydrogens (primary N) is 1. The van der Waals surface area contributed by atoms with Crippen LogP contribution in [0.2, 0.25) is 5.02 Å². The molecule has 0 aromatic carbocycles. The summed E-state index contributed by atoms with van der Waals surface area (Å²) in [6.45, 7) is 1.80. The molecule has 0 bridgehead atoms. The number of aromatic nitrogens is 1. The van der Waals surface area contributed by atoms with Gasteiger partial charge in [0.25, 0.3) is 0 Å². The van der Waals surface area contributed by atoms with Gasteiger partial charge in [0.15, 0.2) is 0 Å². The lowest BCUT2D eigenvalue weighted by molar-refractivity contribution is 0.583. The van der Waals surface area contributed by atoms with Crippen molar-refractivity contribution in [3.63, 3.8) is 0 Å². The van der Waals surface area contributed by atoms with Gasteiger partial charge < -0.3 is 5.73 Å². The van der Waals surface area contributed by atoms with Crippen molar-refractivity contribution in [3.05, 3.63) is 28.8 Å². The molecule has 0 saturated heterocycles. The van der Waals surface area contributed by atoms with E-state index in [1.54, 1.807) is 6.92 Å². The van der Waals surface area contributed by atoms with Crippen LogP contribution in [0.5, 0.6) is 0 Å². The molecule has 1 heterocycles. The maximum atomic E-state index is 13.0. The van der Waals surface area contributed by atoms with Crippen LogP contribution in [0.3, 0.4) is 0 Å². The highest BCUT2D eigenvalue weighted by Crippen LogP contribution is 2.12. The lowest BCUT2D eigenvalue weighted by atomic mass is 10.2. The molecule has 0 saturated carbocycles. The normalized spacial score (nSPS) is 13.0. The van der Waals surface area contributed by atoms with Gasteiger partial charge in [-0.2, -0.15) is 0 Å². The highest BCUT2D eigenvalue weighted by atomic mass is 35.5. The SMILES string of the molecule is CC(N)Cc1ncc(Cl)cc1F. The molecule has 0 amide bonds. The number of hydrogen-bond acceptors (Lipinski definition) is 2. The first-order chi connectivity index (χ1) is 5.59. The molecule has 2 N–H and O–H groups in total. The molecule has 0 aliphatic heterocycles. The first kappa shape index (κ1) is 9.42. The Kier molecular flexibility index (Phi) is 3.00. The fourth-order valence-corrected chi connectivity index (χ4v) is 1.04. The van der Waals surface area contributed by atoms with Gasteiger partial charge in [-0.25, -0.2) is 4.39 Å². The summed E-state index contributed by atoms with van der Waals surface area (Å²) in [4.78, 5) is 3.83. The molecule has 0 aliphatic rings. The van der Waals surface area contributed by atoms with Crippen molar-refractivity contribution in [3.8, 4) is 0 Å². The molecule has 1 atom stereocenters. The van der Waals surface area contributed by atoms with Crippen molar-refractivity contribution in [1.82, 2.24) is 4.98 Å². The van der Waals surface area contributed by atoms with E-state index in [0.717, 1.165) is 0 Å². The molecular formula is C8H10ClFN2. The largest absolute Gasteiger partial charge is 0.328 e. The van der Waals surface area contributed by atoms with Gasteiger partial charge in [0.1, 0.15) is 5.82 Å². The number of nitrogens with zero attached hydrogens (tertiary/aromatic N) is 1. The minimum Gasteiger partial charge on any atom is -0.328 e. The minimum absolute atomic E-state index is 0.0897. The lowest BCUT2D eigenvalue weighted by Crippen LogP contribution is -2.19. The monoisotopic (exact) mass is 188 g/mol. The zero-order valence-corrected chi connectivity index (χ0v) is 7.48. The van der Waals surface area contributed by atoms with Gasteiger partial charge >= 0.3 is 0 Å². The van der Waals surface area contributed by atoms with Gasteiger partial charge in [-0.1, -0.05) is 11.6 Å². The average Bonchev–Trinajstić information content (AvgIpc) is 1.94. The first-order valence-electron chi connectivity index (χ1n) is 3.65. The predicted octanol–water partition coefficient (Wildman–Crippen LogP) is 1.76. The third kappa shape index (κ3) is 2.43. The summed E-state index contributed by atoms with van der Waals surface area (Å²) in [5.74, 6) is -0.389. The average molecular weight is 189 g/mol. The summed E-state index contributed by atoms with van der Waals surface area (Å²) >= 11 is 5.52. The lowest BCUT2D eigenvalue weighted by Gasteiger charge is -2.04. The van der Waals surface area contributed by atoms with Crippen molar-refractivity contribution in [2.75, 3.05) is 0 Å². The van der Waals surface area contributed by atoms with Gasteiger partial charge in [-0.3, -0.25) is 4.98 Å². The van der Waals surface area contributed by atoms with E-state index in [9.17, 15) is 4.39 Å². The van der Waals surface area contributed by atoms with Crippen LogP contribution in [0.15, 0.2) is 12.3 Å². The fourth-order valence-electron chi connectivity index (χ4n) is 0.898. The summed E-state index contributed by atoms with van der Waals surface area (Å²) in [6.07, 6.45) is 1.85. The van der Waals surface area contributed by atoms with Crippen molar-refractivity contribution >= 4 is 11.6 Å². The van der Waals surface area contributed by atoms with E-state index in [0.29, 0.717) is 17.1 Å². The topological polar surface area (TPSA) is 38.9 Å². The van der Waals surface area contributed by atoms with Crippen LogP contribution in [-0.2, 0) is 6.42 Å². The number of hydrogen-bond donors (Lipinski definition) is 1. The second kappa shape index (κ2) is 3.83. The summed E-state index contributed by atoms with van der Waals surface area (Å²) in [6, 6.07) is 1.15. The number of halogens is 2. The van der Waals surface area contributed by atoms with Crippen LogP contribution >= 0.6 is 11.6 Å². The van der Waals surface area contributed by atoms with Crippen LogP contribution in [0.4, 0.5) is 4.39 Å². The summed E-state index contributed by atoms with van der Waals surface area (Å²) < 4.78 is 13.0. The third-order valence-electron chi connectivity index (χ3n) is 1.40. The standard InChI is InChI=1S/C8H10ClFN2/c1-5(11)2-8-7(10)3-6(9)4-12-8/h3-5H,2,11H2,1H3. The highest BCUT2D eigenvalue weighted by Gasteiger charge is 2.06. The van der Waals surface area contributed by atoms with Crippen LogP contribution in [-0.4, -0.2) is 11.0 Å². The quantitative estimate of drug-likeness (QED) is 0.768. The highest BCUT2D eigenvalue weighted by molar-refractivity contribution is 6.30. The molecule has 66 valence electrons. The van der Waals surface area contributed by atoms with E-state index < -0.39 is 0 Å². The van der Waals surface area contributed by atoms with Gasteiger partial charge in [-0.15, -0.1) is 0 Å². The fraction of sp³-hybridized carbons (Fsp3) is 0.375. The predicted molar refractivity (Wildman–Crippen MR) is 46.6 cm³/mol. The Morgan fingerprint density at radius 1 is 1.75 bits per heavy atom. The van der Waals surface area contributed by atoms with E-state index in [1.165, 1.54) is 12.3 Å². The van der Waals surface area contributed by atoms with Gasteiger partial charge in [0.2, 0.25) is 0 Å². The Labute approximate surface area is 75.6 Å². The molecule has 0 spiro atoms. The van der Waals surface area contributed by atoms with Gasteiger partial charge in [0, 0.05) is 18.7 Å². The second-order valence-electron chi connectivity index (χ2n) is 2.76. The van der Waals surface area contributed by atoms with E-state index in [-0.39, 0.29) is 11.9 Å². The molecule has 0 radical (unpaired) electrons. The summed E-state index contributed by atoms with van der Waals surface area (Å²) in [5.41, 5.74) is 5.86. The van der Waals surface area contributed by atoms with Crippen molar-refractivity contribution in [2.24, 2.45) is 5.73 Å². The Morgan fingerprint density at radius 3 is 2.92 bits per heavy atom. The van der Waals surface area contributed by atoms with Crippen LogP contribution in [0.25, 0.3) is 0 Å². The third-order valence-corrected chi connectivity index (χ3v) is 1.61. The smallest absolute Gasteiger partial charge is 0.146 e. The van der Waals surface area contributed by atoms with Crippen LogP contribution in [0.1, 0.15) is 12.6 Å². The molecule has 1 unspecified atom stereocenters. The van der Waals surface area contributed by atoms with Crippen LogP contribution < -0.4 is 5.73 Å². The van der Waals surface area contributed by atoms with Crippen molar-refractivity contribution in [1.29, 1.82) is 0 Å². The van der Waals surface area contributed by atoms with E-state index in [2.05, 4.69) is 4.98 Å². The minimum atomic E-state index is -0.389. The summed E-state index contributed by atoms with van der Waals surface area (Å²) in [5, 5.41) is 0.306. The molecule has 4 heteroatoms. The molecule has 12 heavy (non-hydrogen) atoms. The second-order valence-corrected chi connectivity index (χ2v) is 3.20. The molecule has 0 fully saturated rings.